The first-order valence-corrected chi connectivity index (χ1v) is 10.8. The number of H-pyrrole nitrogens is 1. The molecule has 4 heterocycles. The Hall–Kier alpha value is -3.52. The van der Waals surface area contributed by atoms with Crippen LogP contribution in [0, 0.1) is 5.82 Å². The summed E-state index contributed by atoms with van der Waals surface area (Å²) < 4.78 is 21.3. The predicted octanol–water partition coefficient (Wildman–Crippen LogP) is 4.76. The van der Waals surface area contributed by atoms with Crippen molar-refractivity contribution in [2.45, 2.75) is 38.5 Å². The van der Waals surface area contributed by atoms with Gasteiger partial charge in [0.25, 0.3) is 5.91 Å². The number of pyridine rings is 1. The van der Waals surface area contributed by atoms with Gasteiger partial charge in [0.1, 0.15) is 11.5 Å². The van der Waals surface area contributed by atoms with Crippen LogP contribution >= 0.6 is 0 Å². The normalized spacial score (nSPS) is 17.4. The maximum absolute atomic E-state index is 13.6. The van der Waals surface area contributed by atoms with Crippen molar-refractivity contribution in [2.24, 2.45) is 0 Å². The summed E-state index contributed by atoms with van der Waals surface area (Å²) in [5, 5.41) is 8.12. The smallest absolute Gasteiger partial charge is 0.253 e. The third-order valence-electron chi connectivity index (χ3n) is 5.87. The van der Waals surface area contributed by atoms with Crippen molar-refractivity contribution < 1.29 is 13.9 Å². The zero-order valence-electron chi connectivity index (χ0n) is 17.7. The van der Waals surface area contributed by atoms with Crippen molar-refractivity contribution in [3.05, 3.63) is 71.9 Å². The Balaban J connectivity index is 1.43. The average molecular weight is 433 g/mol. The van der Waals surface area contributed by atoms with Crippen LogP contribution in [0.5, 0.6) is 0 Å². The molecule has 0 saturated carbocycles. The number of carbonyl (C=O) groups is 1. The fraction of sp³-hybridized carbons (Fsp3) is 0.292. The van der Waals surface area contributed by atoms with E-state index in [9.17, 15) is 9.18 Å². The first-order valence-electron chi connectivity index (χ1n) is 10.8. The van der Waals surface area contributed by atoms with Crippen LogP contribution in [0.2, 0.25) is 0 Å². The van der Waals surface area contributed by atoms with Gasteiger partial charge >= 0.3 is 0 Å². The number of nitrogens with zero attached hydrogens (tertiary/aromatic N) is 3. The van der Waals surface area contributed by atoms with Crippen molar-refractivity contribution in [1.82, 2.24) is 25.1 Å². The molecule has 164 valence electrons. The first-order chi connectivity index (χ1) is 15.6. The van der Waals surface area contributed by atoms with Gasteiger partial charge in [0.15, 0.2) is 6.23 Å². The summed E-state index contributed by atoms with van der Waals surface area (Å²) in [6.07, 6.45) is 8.17. The Kier molecular flexibility index (Phi) is 5.45. The van der Waals surface area contributed by atoms with E-state index >= 15 is 0 Å². The minimum absolute atomic E-state index is 0.0921. The lowest BCUT2D eigenvalue weighted by molar-refractivity contribution is -0.0383. The Morgan fingerprint density at radius 3 is 3.03 bits per heavy atom. The second-order valence-corrected chi connectivity index (χ2v) is 8.05. The molecule has 2 atom stereocenters. The maximum Gasteiger partial charge on any atom is 0.253 e. The summed E-state index contributed by atoms with van der Waals surface area (Å²) in [4.78, 5) is 20.6. The van der Waals surface area contributed by atoms with Crippen LogP contribution in [-0.2, 0) is 4.74 Å². The van der Waals surface area contributed by atoms with E-state index in [2.05, 4.69) is 20.4 Å². The SMILES string of the molecule is CC(NC(=O)c1c[nH]c2ncc(-c3ccnn3C3CCCCO3)cc12)c1cccc(F)c1. The van der Waals surface area contributed by atoms with Gasteiger partial charge in [-0.05, 0) is 56.0 Å². The quantitative estimate of drug-likeness (QED) is 0.475. The highest BCUT2D eigenvalue weighted by Gasteiger charge is 2.21. The zero-order valence-corrected chi connectivity index (χ0v) is 17.7. The van der Waals surface area contributed by atoms with Gasteiger partial charge in [0.2, 0.25) is 0 Å². The molecular weight excluding hydrogens is 409 g/mol. The number of ether oxygens (including phenoxy) is 1. The number of amides is 1. The van der Waals surface area contributed by atoms with Gasteiger partial charge in [-0.15, -0.1) is 0 Å². The van der Waals surface area contributed by atoms with E-state index in [1.54, 1.807) is 30.7 Å². The van der Waals surface area contributed by atoms with Gasteiger partial charge < -0.3 is 15.0 Å². The molecule has 1 fully saturated rings. The third kappa shape index (κ3) is 3.89. The van der Waals surface area contributed by atoms with E-state index < -0.39 is 0 Å². The van der Waals surface area contributed by atoms with Gasteiger partial charge in [0.05, 0.1) is 17.3 Å². The maximum atomic E-state index is 13.6. The van der Waals surface area contributed by atoms with E-state index in [0.717, 1.165) is 37.1 Å². The number of nitrogens with one attached hydrogen (secondary N) is 2. The van der Waals surface area contributed by atoms with Crippen molar-refractivity contribution in [3.63, 3.8) is 0 Å². The van der Waals surface area contributed by atoms with Crippen molar-refractivity contribution in [1.29, 1.82) is 0 Å². The van der Waals surface area contributed by atoms with Gasteiger partial charge in [-0.1, -0.05) is 12.1 Å². The first kappa shape index (κ1) is 20.4. The highest BCUT2D eigenvalue weighted by atomic mass is 19.1. The summed E-state index contributed by atoms with van der Waals surface area (Å²) in [6, 6.07) is 9.76. The third-order valence-corrected chi connectivity index (χ3v) is 5.87. The number of hydrogen-bond acceptors (Lipinski definition) is 4. The van der Waals surface area contributed by atoms with E-state index in [1.807, 2.05) is 23.7 Å². The van der Waals surface area contributed by atoms with Gasteiger partial charge in [-0.25, -0.2) is 14.1 Å². The molecule has 0 aliphatic carbocycles. The molecule has 32 heavy (non-hydrogen) atoms. The molecule has 0 spiro atoms. The molecular formula is C24H24FN5O2. The highest BCUT2D eigenvalue weighted by molar-refractivity contribution is 6.06. The van der Waals surface area contributed by atoms with E-state index in [-0.39, 0.29) is 24.0 Å². The lowest BCUT2D eigenvalue weighted by Crippen LogP contribution is -2.26. The molecule has 1 aliphatic rings. The summed E-state index contributed by atoms with van der Waals surface area (Å²) in [5.74, 6) is -0.584. The van der Waals surface area contributed by atoms with Crippen LogP contribution in [-0.4, -0.2) is 32.3 Å². The van der Waals surface area contributed by atoms with Crippen molar-refractivity contribution >= 4 is 16.9 Å². The van der Waals surface area contributed by atoms with E-state index in [0.29, 0.717) is 22.2 Å². The minimum atomic E-state index is -0.343. The average Bonchev–Trinajstić information content (AvgIpc) is 3.46. The monoisotopic (exact) mass is 433 g/mol. The molecule has 4 aromatic rings. The van der Waals surface area contributed by atoms with Gasteiger partial charge in [-0.3, -0.25) is 4.79 Å². The summed E-state index contributed by atoms with van der Waals surface area (Å²) >= 11 is 0. The second kappa shape index (κ2) is 8.55. The number of fused-ring (bicyclic) bond motifs is 1. The lowest BCUT2D eigenvalue weighted by atomic mass is 10.1. The van der Waals surface area contributed by atoms with Crippen LogP contribution in [0.4, 0.5) is 4.39 Å². The number of hydrogen-bond donors (Lipinski definition) is 2. The van der Waals surface area contributed by atoms with Gasteiger partial charge in [0, 0.05) is 36.1 Å². The number of benzene rings is 1. The van der Waals surface area contributed by atoms with Crippen molar-refractivity contribution in [2.75, 3.05) is 6.61 Å². The van der Waals surface area contributed by atoms with Gasteiger partial charge in [-0.2, -0.15) is 5.10 Å². The molecule has 0 radical (unpaired) electrons. The molecule has 7 nitrogen and oxygen atoms in total. The zero-order chi connectivity index (χ0) is 22.1. The molecule has 3 aromatic heterocycles. The fourth-order valence-electron chi connectivity index (χ4n) is 4.15. The van der Waals surface area contributed by atoms with Crippen LogP contribution in [0.3, 0.4) is 0 Å². The van der Waals surface area contributed by atoms with E-state index in [1.165, 1.54) is 12.1 Å². The highest BCUT2D eigenvalue weighted by Crippen LogP contribution is 2.30. The summed E-state index contributed by atoms with van der Waals surface area (Å²) in [6.45, 7) is 2.56. The molecule has 2 N–H and O–H groups in total. The fourth-order valence-corrected chi connectivity index (χ4v) is 4.15. The number of halogens is 1. The Bertz CT molecular complexity index is 1260. The summed E-state index contributed by atoms with van der Waals surface area (Å²) in [5.41, 5.74) is 3.56. The molecule has 8 heteroatoms. The van der Waals surface area contributed by atoms with Crippen LogP contribution < -0.4 is 5.32 Å². The molecule has 0 bridgehead atoms. The topological polar surface area (TPSA) is 84.8 Å². The molecule has 1 aromatic carbocycles. The number of aromatic amines is 1. The van der Waals surface area contributed by atoms with Crippen molar-refractivity contribution in [3.8, 4) is 11.3 Å². The van der Waals surface area contributed by atoms with Crippen LogP contribution in [0.1, 0.15) is 54.4 Å². The molecule has 1 amide bonds. The number of carbonyl (C=O) groups excluding carboxylic acids is 1. The second-order valence-electron chi connectivity index (χ2n) is 8.05. The predicted molar refractivity (Wildman–Crippen MR) is 118 cm³/mol. The Morgan fingerprint density at radius 1 is 1.31 bits per heavy atom. The Labute approximate surface area is 184 Å². The minimum Gasteiger partial charge on any atom is -0.356 e. The number of rotatable bonds is 5. The molecule has 2 unspecified atom stereocenters. The standard InChI is InChI=1S/C24H24FN5O2/c1-15(16-5-4-6-18(25)11-16)29-24(31)20-14-27-23-19(20)12-17(13-26-23)21-8-9-28-30(21)22-7-2-3-10-32-22/h4-6,8-9,11-15,22H,2-3,7,10H2,1H3,(H,26,27)(H,29,31). The Morgan fingerprint density at radius 2 is 2.22 bits per heavy atom. The molecule has 1 aliphatic heterocycles. The summed E-state index contributed by atoms with van der Waals surface area (Å²) in [7, 11) is 0. The largest absolute Gasteiger partial charge is 0.356 e. The van der Waals surface area contributed by atoms with E-state index in [4.69, 9.17) is 4.74 Å². The van der Waals surface area contributed by atoms with Crippen LogP contribution in [0.15, 0.2) is 55.0 Å². The number of aromatic nitrogens is 4. The molecule has 1 saturated heterocycles. The van der Waals surface area contributed by atoms with Crippen LogP contribution in [0.25, 0.3) is 22.3 Å². The molecule has 5 rings (SSSR count). The lowest BCUT2D eigenvalue weighted by Gasteiger charge is -2.24.